The van der Waals surface area contributed by atoms with Crippen molar-refractivity contribution in [2.75, 3.05) is 12.4 Å². The van der Waals surface area contributed by atoms with Crippen LogP contribution in [0.5, 0.6) is 11.5 Å². The first-order chi connectivity index (χ1) is 10.4. The number of rotatable bonds is 5. The molecule has 116 valence electrons. The van der Waals surface area contributed by atoms with Gasteiger partial charge < -0.3 is 14.2 Å². The van der Waals surface area contributed by atoms with Crippen molar-refractivity contribution >= 4 is 21.7 Å². The molecule has 0 atom stereocenters. The number of benzene rings is 2. The van der Waals surface area contributed by atoms with E-state index >= 15 is 0 Å². The van der Waals surface area contributed by atoms with E-state index in [1.54, 1.807) is 18.2 Å². The maximum absolute atomic E-state index is 12.3. The van der Waals surface area contributed by atoms with Gasteiger partial charge in [-0.15, -0.1) is 0 Å². The van der Waals surface area contributed by atoms with Crippen molar-refractivity contribution in [1.29, 1.82) is 0 Å². The first-order valence-corrected chi connectivity index (χ1v) is 7.78. The van der Waals surface area contributed by atoms with E-state index in [1.807, 2.05) is 0 Å². The van der Waals surface area contributed by atoms with E-state index in [4.69, 9.17) is 8.92 Å². The molecule has 0 radical (unpaired) electrons. The fourth-order valence-electron chi connectivity index (χ4n) is 1.74. The van der Waals surface area contributed by atoms with E-state index < -0.39 is 10.1 Å². The number of hydrogen-bond acceptors (Lipinski definition) is 5. The predicted octanol–water partition coefficient (Wildman–Crippen LogP) is 2.42. The normalized spacial score (nSPS) is 10.8. The van der Waals surface area contributed by atoms with Crippen molar-refractivity contribution in [3.05, 3.63) is 48.5 Å². The number of methoxy groups -OCH3 is 1. The Morgan fingerprint density at radius 1 is 1.05 bits per heavy atom. The lowest BCUT2D eigenvalue weighted by Gasteiger charge is -2.11. The summed E-state index contributed by atoms with van der Waals surface area (Å²) in [5, 5.41) is 2.52. The molecule has 22 heavy (non-hydrogen) atoms. The van der Waals surface area contributed by atoms with Crippen molar-refractivity contribution in [1.82, 2.24) is 0 Å². The number of carbonyl (C=O) groups excluding carboxylic acids is 1. The first kappa shape index (κ1) is 15.8. The van der Waals surface area contributed by atoms with E-state index in [0.717, 1.165) is 0 Å². The highest BCUT2D eigenvalue weighted by Crippen LogP contribution is 2.27. The Kier molecular flexibility index (Phi) is 4.67. The van der Waals surface area contributed by atoms with Crippen molar-refractivity contribution in [2.24, 2.45) is 0 Å². The molecule has 2 aromatic rings. The molecule has 0 bridgehead atoms. The molecular weight excluding hydrogens is 306 g/mol. The molecule has 0 aliphatic carbocycles. The van der Waals surface area contributed by atoms with Crippen LogP contribution in [0.15, 0.2) is 53.4 Å². The summed E-state index contributed by atoms with van der Waals surface area (Å²) in [7, 11) is -2.51. The van der Waals surface area contributed by atoms with Gasteiger partial charge in [-0.1, -0.05) is 12.1 Å². The van der Waals surface area contributed by atoms with Gasteiger partial charge in [-0.25, -0.2) is 0 Å². The molecular formula is C15H15NO5S. The minimum Gasteiger partial charge on any atom is -0.497 e. The Morgan fingerprint density at radius 3 is 2.27 bits per heavy atom. The zero-order valence-corrected chi connectivity index (χ0v) is 12.9. The standard InChI is InChI=1S/C15H15NO5S/c1-11(17)16-14-5-3-4-6-15(14)21-22(18,19)13-9-7-12(20-2)8-10-13/h3-10H,1-2H3,(H,16,17). The number of amides is 1. The van der Waals surface area contributed by atoms with Crippen LogP contribution in [0.3, 0.4) is 0 Å². The molecule has 1 amide bonds. The molecule has 0 aliphatic heterocycles. The van der Waals surface area contributed by atoms with Crippen molar-refractivity contribution < 1.29 is 22.1 Å². The highest BCUT2D eigenvalue weighted by Gasteiger charge is 2.18. The van der Waals surface area contributed by atoms with E-state index in [0.29, 0.717) is 5.75 Å². The number of para-hydroxylation sites is 2. The fraction of sp³-hybridized carbons (Fsp3) is 0.133. The second kappa shape index (κ2) is 6.48. The van der Waals surface area contributed by atoms with Crippen LogP contribution < -0.4 is 14.2 Å². The van der Waals surface area contributed by atoms with E-state index in [1.165, 1.54) is 44.4 Å². The third-order valence-corrected chi connectivity index (χ3v) is 3.99. The number of nitrogens with one attached hydrogen (secondary N) is 1. The van der Waals surface area contributed by atoms with Gasteiger partial charge in [0.1, 0.15) is 10.6 Å². The van der Waals surface area contributed by atoms with Gasteiger partial charge in [-0.3, -0.25) is 4.79 Å². The molecule has 0 aromatic heterocycles. The molecule has 6 nitrogen and oxygen atoms in total. The fourth-order valence-corrected chi connectivity index (χ4v) is 2.69. The first-order valence-electron chi connectivity index (χ1n) is 6.37. The number of ether oxygens (including phenoxy) is 1. The maximum Gasteiger partial charge on any atom is 0.339 e. The van der Waals surface area contributed by atoms with Crippen molar-refractivity contribution in [3.63, 3.8) is 0 Å². The van der Waals surface area contributed by atoms with Crippen LogP contribution in [-0.4, -0.2) is 21.4 Å². The topological polar surface area (TPSA) is 81.7 Å². The predicted molar refractivity (Wildman–Crippen MR) is 81.6 cm³/mol. The van der Waals surface area contributed by atoms with Crippen LogP contribution in [0.4, 0.5) is 5.69 Å². The summed E-state index contributed by atoms with van der Waals surface area (Å²) in [5.41, 5.74) is 0.284. The molecule has 2 rings (SSSR count). The summed E-state index contributed by atoms with van der Waals surface area (Å²) in [6, 6.07) is 12.1. The third-order valence-electron chi connectivity index (χ3n) is 2.75. The molecule has 0 fully saturated rings. The van der Waals surface area contributed by atoms with Gasteiger partial charge in [0.2, 0.25) is 5.91 Å². The monoisotopic (exact) mass is 321 g/mol. The summed E-state index contributed by atoms with van der Waals surface area (Å²) >= 11 is 0. The SMILES string of the molecule is COc1ccc(S(=O)(=O)Oc2ccccc2NC(C)=O)cc1. The van der Waals surface area contributed by atoms with Crippen LogP contribution in [0.1, 0.15) is 6.92 Å². The minimum atomic E-state index is -4.00. The van der Waals surface area contributed by atoms with Gasteiger partial charge in [-0.2, -0.15) is 8.42 Å². The van der Waals surface area contributed by atoms with Crippen LogP contribution >= 0.6 is 0 Å². The van der Waals surface area contributed by atoms with Gasteiger partial charge in [0.25, 0.3) is 0 Å². The third kappa shape index (κ3) is 3.76. The van der Waals surface area contributed by atoms with Crippen molar-refractivity contribution in [3.8, 4) is 11.5 Å². The van der Waals surface area contributed by atoms with Gasteiger partial charge in [0.15, 0.2) is 5.75 Å². The Labute approximate surface area is 128 Å². The molecule has 1 N–H and O–H groups in total. The highest BCUT2D eigenvalue weighted by molar-refractivity contribution is 7.87. The second-order valence-corrected chi connectivity index (χ2v) is 5.94. The Bertz CT molecular complexity index is 769. The average Bonchev–Trinajstić information content (AvgIpc) is 2.48. The molecule has 0 heterocycles. The molecule has 0 aliphatic rings. The van der Waals surface area contributed by atoms with Crippen LogP contribution in [0.25, 0.3) is 0 Å². The number of hydrogen-bond donors (Lipinski definition) is 1. The molecule has 0 unspecified atom stereocenters. The second-order valence-electron chi connectivity index (χ2n) is 4.39. The Balaban J connectivity index is 2.30. The Morgan fingerprint density at radius 2 is 1.68 bits per heavy atom. The van der Waals surface area contributed by atoms with Gasteiger partial charge in [-0.05, 0) is 36.4 Å². The van der Waals surface area contributed by atoms with E-state index in [-0.39, 0.29) is 22.2 Å². The lowest BCUT2D eigenvalue weighted by molar-refractivity contribution is -0.114. The summed E-state index contributed by atoms with van der Waals surface area (Å²) in [6.45, 7) is 1.33. The largest absolute Gasteiger partial charge is 0.497 e. The summed E-state index contributed by atoms with van der Waals surface area (Å²) in [4.78, 5) is 11.1. The van der Waals surface area contributed by atoms with Gasteiger partial charge in [0.05, 0.1) is 12.8 Å². The number of anilines is 1. The smallest absolute Gasteiger partial charge is 0.339 e. The summed E-state index contributed by atoms with van der Waals surface area (Å²) in [5.74, 6) is 0.268. The maximum atomic E-state index is 12.3. The summed E-state index contributed by atoms with van der Waals surface area (Å²) < 4.78 is 34.6. The van der Waals surface area contributed by atoms with Crippen LogP contribution in [0.2, 0.25) is 0 Å². The minimum absolute atomic E-state index is 0.00840. The molecule has 0 saturated heterocycles. The lowest BCUT2D eigenvalue weighted by Crippen LogP contribution is -2.13. The molecule has 0 spiro atoms. The quantitative estimate of drug-likeness (QED) is 0.855. The van der Waals surface area contributed by atoms with E-state index in [2.05, 4.69) is 5.32 Å². The van der Waals surface area contributed by atoms with E-state index in [9.17, 15) is 13.2 Å². The van der Waals surface area contributed by atoms with Crippen molar-refractivity contribution in [2.45, 2.75) is 11.8 Å². The highest BCUT2D eigenvalue weighted by atomic mass is 32.2. The Hall–Kier alpha value is -2.54. The van der Waals surface area contributed by atoms with Gasteiger partial charge in [0, 0.05) is 6.92 Å². The average molecular weight is 321 g/mol. The lowest BCUT2D eigenvalue weighted by atomic mass is 10.3. The van der Waals surface area contributed by atoms with Gasteiger partial charge >= 0.3 is 10.1 Å². The molecule has 2 aromatic carbocycles. The zero-order chi connectivity index (χ0) is 16.2. The molecule has 7 heteroatoms. The summed E-state index contributed by atoms with van der Waals surface area (Å²) in [6.07, 6.45) is 0. The zero-order valence-electron chi connectivity index (χ0n) is 12.1. The van der Waals surface area contributed by atoms with Crippen LogP contribution in [-0.2, 0) is 14.9 Å². The molecule has 0 saturated carbocycles. The van der Waals surface area contributed by atoms with Crippen LogP contribution in [0, 0.1) is 0 Å². The number of carbonyl (C=O) groups is 1.